The SMILES string of the molecule is CC(C)CC(NS(C)(=O)=O)C(=O)N(C)C(C)CO. The van der Waals surface area contributed by atoms with Crippen LogP contribution in [0.3, 0.4) is 0 Å². The number of sulfonamides is 1. The lowest BCUT2D eigenvalue weighted by atomic mass is 10.0. The largest absolute Gasteiger partial charge is 0.394 e. The first-order chi connectivity index (χ1) is 8.08. The molecule has 0 aliphatic heterocycles. The molecule has 108 valence electrons. The van der Waals surface area contributed by atoms with E-state index in [2.05, 4.69) is 4.72 Å². The molecule has 2 atom stereocenters. The summed E-state index contributed by atoms with van der Waals surface area (Å²) in [6.45, 7) is 5.37. The van der Waals surface area contributed by atoms with E-state index < -0.39 is 16.1 Å². The van der Waals surface area contributed by atoms with Crippen molar-refractivity contribution in [2.75, 3.05) is 19.9 Å². The molecule has 2 unspecified atom stereocenters. The summed E-state index contributed by atoms with van der Waals surface area (Å²) in [5, 5.41) is 9.02. The second-order valence-corrected chi connectivity index (χ2v) is 6.83. The predicted molar refractivity (Wildman–Crippen MR) is 70.5 cm³/mol. The highest BCUT2D eigenvalue weighted by atomic mass is 32.2. The lowest BCUT2D eigenvalue weighted by Crippen LogP contribution is -2.50. The molecule has 0 fully saturated rings. The van der Waals surface area contributed by atoms with Gasteiger partial charge in [0.2, 0.25) is 15.9 Å². The zero-order valence-electron chi connectivity index (χ0n) is 11.7. The van der Waals surface area contributed by atoms with Gasteiger partial charge >= 0.3 is 0 Å². The van der Waals surface area contributed by atoms with Crippen LogP contribution in [-0.2, 0) is 14.8 Å². The fourth-order valence-electron chi connectivity index (χ4n) is 1.51. The van der Waals surface area contributed by atoms with Crippen LogP contribution < -0.4 is 4.72 Å². The van der Waals surface area contributed by atoms with Crippen molar-refractivity contribution in [3.8, 4) is 0 Å². The van der Waals surface area contributed by atoms with Crippen LogP contribution in [0.1, 0.15) is 27.2 Å². The molecule has 6 nitrogen and oxygen atoms in total. The lowest BCUT2D eigenvalue weighted by Gasteiger charge is -2.28. The number of aliphatic hydroxyl groups excluding tert-OH is 1. The second-order valence-electron chi connectivity index (χ2n) is 5.05. The van der Waals surface area contributed by atoms with Gasteiger partial charge in [-0.15, -0.1) is 0 Å². The highest BCUT2D eigenvalue weighted by molar-refractivity contribution is 7.88. The van der Waals surface area contributed by atoms with E-state index >= 15 is 0 Å². The molecule has 0 aromatic heterocycles. The van der Waals surface area contributed by atoms with Gasteiger partial charge in [0, 0.05) is 7.05 Å². The highest BCUT2D eigenvalue weighted by Gasteiger charge is 2.27. The van der Waals surface area contributed by atoms with E-state index in [-0.39, 0.29) is 24.5 Å². The van der Waals surface area contributed by atoms with Gasteiger partial charge in [-0.1, -0.05) is 13.8 Å². The number of hydrogen-bond donors (Lipinski definition) is 2. The Bertz CT molecular complexity index is 367. The fourth-order valence-corrected chi connectivity index (χ4v) is 2.23. The smallest absolute Gasteiger partial charge is 0.240 e. The average molecular weight is 280 g/mol. The molecule has 0 aromatic rings. The van der Waals surface area contributed by atoms with Crippen molar-refractivity contribution in [2.24, 2.45) is 5.92 Å². The van der Waals surface area contributed by atoms with E-state index in [1.807, 2.05) is 13.8 Å². The van der Waals surface area contributed by atoms with Crippen LogP contribution in [0.5, 0.6) is 0 Å². The molecule has 0 saturated carbocycles. The minimum atomic E-state index is -3.44. The Morgan fingerprint density at radius 2 is 1.83 bits per heavy atom. The number of nitrogens with one attached hydrogen (secondary N) is 1. The quantitative estimate of drug-likeness (QED) is 0.675. The number of likely N-dealkylation sites (N-methyl/N-ethyl adjacent to an activating group) is 1. The zero-order valence-corrected chi connectivity index (χ0v) is 12.5. The third-order valence-electron chi connectivity index (χ3n) is 2.63. The first kappa shape index (κ1) is 17.3. The molecular formula is C11H24N2O4S. The normalized spacial score (nSPS) is 15.5. The average Bonchev–Trinajstić information content (AvgIpc) is 2.22. The number of amides is 1. The summed E-state index contributed by atoms with van der Waals surface area (Å²) in [6, 6.07) is -1.12. The Balaban J connectivity index is 4.90. The number of hydrogen-bond acceptors (Lipinski definition) is 4. The van der Waals surface area contributed by atoms with Crippen molar-refractivity contribution in [3.05, 3.63) is 0 Å². The van der Waals surface area contributed by atoms with Gasteiger partial charge < -0.3 is 10.0 Å². The minimum Gasteiger partial charge on any atom is -0.394 e. The molecule has 0 spiro atoms. The van der Waals surface area contributed by atoms with Crippen molar-refractivity contribution >= 4 is 15.9 Å². The third kappa shape index (κ3) is 6.32. The summed E-state index contributed by atoms with van der Waals surface area (Å²) in [5.74, 6) is -0.137. The van der Waals surface area contributed by atoms with E-state index in [4.69, 9.17) is 5.11 Å². The summed E-state index contributed by atoms with van der Waals surface area (Å²) < 4.78 is 24.9. The molecule has 7 heteroatoms. The van der Waals surface area contributed by atoms with Crippen LogP contribution in [0.25, 0.3) is 0 Å². The van der Waals surface area contributed by atoms with Crippen LogP contribution in [0.4, 0.5) is 0 Å². The topological polar surface area (TPSA) is 86.7 Å². The summed E-state index contributed by atoms with van der Waals surface area (Å²) in [6.07, 6.45) is 1.46. The van der Waals surface area contributed by atoms with Gasteiger partial charge in [-0.3, -0.25) is 4.79 Å². The van der Waals surface area contributed by atoms with E-state index in [1.165, 1.54) is 4.90 Å². The molecule has 1 amide bonds. The Labute approximate surface area is 109 Å². The molecule has 0 aromatic carbocycles. The minimum absolute atomic E-state index is 0.157. The number of carbonyl (C=O) groups excluding carboxylic acids is 1. The predicted octanol–water partition coefficient (Wildman–Crippen LogP) is -0.210. The molecule has 2 N–H and O–H groups in total. The maximum atomic E-state index is 12.1. The van der Waals surface area contributed by atoms with Crippen LogP contribution in [0.15, 0.2) is 0 Å². The Morgan fingerprint density at radius 3 is 2.17 bits per heavy atom. The van der Waals surface area contributed by atoms with Crippen LogP contribution in [0.2, 0.25) is 0 Å². The van der Waals surface area contributed by atoms with Crippen molar-refractivity contribution in [3.63, 3.8) is 0 Å². The van der Waals surface area contributed by atoms with Gasteiger partial charge in [-0.05, 0) is 19.3 Å². The summed E-state index contributed by atoms with van der Waals surface area (Å²) in [5.41, 5.74) is 0. The monoisotopic (exact) mass is 280 g/mol. The summed E-state index contributed by atoms with van der Waals surface area (Å²) >= 11 is 0. The van der Waals surface area contributed by atoms with Crippen molar-refractivity contribution < 1.29 is 18.3 Å². The maximum absolute atomic E-state index is 12.1. The third-order valence-corrected chi connectivity index (χ3v) is 3.35. The van der Waals surface area contributed by atoms with Gasteiger partial charge in [0.1, 0.15) is 6.04 Å². The molecule has 0 bridgehead atoms. The van der Waals surface area contributed by atoms with Gasteiger partial charge in [0.15, 0.2) is 0 Å². The Morgan fingerprint density at radius 1 is 1.33 bits per heavy atom. The molecule has 0 saturated heterocycles. The number of aliphatic hydroxyl groups is 1. The van der Waals surface area contributed by atoms with Gasteiger partial charge in [-0.2, -0.15) is 0 Å². The molecule has 0 radical (unpaired) electrons. The molecule has 0 heterocycles. The first-order valence-electron chi connectivity index (χ1n) is 5.93. The van der Waals surface area contributed by atoms with Gasteiger partial charge in [0.25, 0.3) is 0 Å². The highest BCUT2D eigenvalue weighted by Crippen LogP contribution is 2.10. The van der Waals surface area contributed by atoms with Gasteiger partial charge in [0.05, 0.1) is 18.9 Å². The lowest BCUT2D eigenvalue weighted by molar-refractivity contribution is -0.134. The number of rotatable bonds is 7. The van der Waals surface area contributed by atoms with E-state index in [1.54, 1.807) is 14.0 Å². The molecule has 18 heavy (non-hydrogen) atoms. The van der Waals surface area contributed by atoms with Gasteiger partial charge in [-0.25, -0.2) is 13.1 Å². The fraction of sp³-hybridized carbons (Fsp3) is 0.909. The zero-order chi connectivity index (χ0) is 14.5. The van der Waals surface area contributed by atoms with Crippen LogP contribution in [0, 0.1) is 5.92 Å². The molecular weight excluding hydrogens is 256 g/mol. The second kappa shape index (κ2) is 7.06. The standard InChI is InChI=1S/C11H24N2O4S/c1-8(2)6-10(12-18(5,16)17)11(15)13(4)9(3)7-14/h8-10,12,14H,6-7H2,1-5H3. The summed E-state index contributed by atoms with van der Waals surface area (Å²) in [4.78, 5) is 13.5. The molecule has 0 aliphatic carbocycles. The van der Waals surface area contributed by atoms with E-state index in [0.717, 1.165) is 6.26 Å². The first-order valence-corrected chi connectivity index (χ1v) is 7.82. The molecule has 0 aliphatic rings. The molecule has 0 rings (SSSR count). The van der Waals surface area contributed by atoms with Crippen LogP contribution in [-0.4, -0.2) is 56.3 Å². The Kier molecular flexibility index (Phi) is 6.80. The van der Waals surface area contributed by atoms with Crippen molar-refractivity contribution in [1.82, 2.24) is 9.62 Å². The van der Waals surface area contributed by atoms with Crippen LogP contribution >= 0.6 is 0 Å². The maximum Gasteiger partial charge on any atom is 0.240 e. The number of carbonyl (C=O) groups is 1. The Hall–Kier alpha value is -0.660. The van der Waals surface area contributed by atoms with Crippen molar-refractivity contribution in [1.29, 1.82) is 0 Å². The van der Waals surface area contributed by atoms with E-state index in [0.29, 0.717) is 6.42 Å². The van der Waals surface area contributed by atoms with E-state index in [9.17, 15) is 13.2 Å². The summed E-state index contributed by atoms with van der Waals surface area (Å²) in [7, 11) is -1.88. The number of nitrogens with zero attached hydrogens (tertiary/aromatic N) is 1. The van der Waals surface area contributed by atoms with Crippen molar-refractivity contribution in [2.45, 2.75) is 39.3 Å².